The second-order valence-electron chi connectivity index (χ2n) is 7.17. The molecule has 0 aliphatic rings. The molecular weight excluding hydrogens is 382 g/mol. The van der Waals surface area contributed by atoms with Crippen molar-refractivity contribution in [2.45, 2.75) is 45.0 Å². The van der Waals surface area contributed by atoms with E-state index >= 15 is 0 Å². The van der Waals surface area contributed by atoms with Crippen LogP contribution in [0, 0.1) is 0 Å². The van der Waals surface area contributed by atoms with Gasteiger partial charge in [0.15, 0.2) is 8.32 Å². The predicted octanol–water partition coefficient (Wildman–Crippen LogP) is 7.51. The summed E-state index contributed by atoms with van der Waals surface area (Å²) in [4.78, 5) is 4.54. The Balaban J connectivity index is 2.05. The Morgan fingerprint density at radius 1 is 0.821 bits per heavy atom. The zero-order chi connectivity index (χ0) is 20.0. The van der Waals surface area contributed by atoms with Gasteiger partial charge >= 0.3 is 0 Å². The van der Waals surface area contributed by atoms with Gasteiger partial charge in [-0.1, -0.05) is 74.8 Å². The molecule has 1 atom stereocenters. The highest BCUT2D eigenvalue weighted by molar-refractivity contribution is 6.73. The molecule has 0 saturated carbocycles. The molecule has 0 amide bonds. The molecule has 3 rings (SSSR count). The number of halogens is 1. The minimum absolute atomic E-state index is 0.125. The van der Waals surface area contributed by atoms with E-state index < -0.39 is 8.32 Å². The monoisotopic (exact) mass is 409 g/mol. The lowest BCUT2D eigenvalue weighted by atomic mass is 10.00. The Morgan fingerprint density at radius 3 is 2.07 bits per heavy atom. The van der Waals surface area contributed by atoms with Crippen molar-refractivity contribution in [1.82, 2.24) is 4.98 Å². The zero-order valence-electron chi connectivity index (χ0n) is 16.9. The van der Waals surface area contributed by atoms with Gasteiger partial charge < -0.3 is 4.43 Å². The number of pyridine rings is 1. The van der Waals surface area contributed by atoms with E-state index in [1.807, 2.05) is 30.6 Å². The molecule has 0 bridgehead atoms. The van der Waals surface area contributed by atoms with E-state index in [0.717, 1.165) is 45.4 Å². The predicted molar refractivity (Wildman–Crippen MR) is 121 cm³/mol. The number of aromatic nitrogens is 1. The van der Waals surface area contributed by atoms with Crippen molar-refractivity contribution in [1.29, 1.82) is 0 Å². The smallest absolute Gasteiger partial charge is 0.193 e. The van der Waals surface area contributed by atoms with E-state index in [4.69, 9.17) is 16.0 Å². The average molecular weight is 410 g/mol. The van der Waals surface area contributed by atoms with Crippen LogP contribution >= 0.6 is 11.6 Å². The fraction of sp³-hybridized carbons (Fsp3) is 0.292. The van der Waals surface area contributed by atoms with E-state index in [9.17, 15) is 0 Å². The lowest BCUT2D eigenvalue weighted by molar-refractivity contribution is 0.229. The minimum Gasteiger partial charge on any atom is -0.406 e. The molecule has 1 aromatic heterocycles. The summed E-state index contributed by atoms with van der Waals surface area (Å²) < 4.78 is 6.94. The van der Waals surface area contributed by atoms with E-state index in [-0.39, 0.29) is 6.10 Å². The molecule has 0 aliphatic carbocycles. The highest BCUT2D eigenvalue weighted by atomic mass is 35.5. The van der Waals surface area contributed by atoms with Crippen molar-refractivity contribution in [3.63, 3.8) is 0 Å². The third-order valence-electron chi connectivity index (χ3n) is 5.64. The standard InChI is InChI=1S/C24H28ClNOSi/c1-4-28(5-2,6-3)27-24(20-12-14-23(25)15-13-20)22-16-21(17-26-18-22)19-10-8-7-9-11-19/h7-18,24H,4-6H2,1-3H3. The molecule has 0 saturated heterocycles. The minimum atomic E-state index is -1.82. The Morgan fingerprint density at radius 2 is 1.46 bits per heavy atom. The molecule has 28 heavy (non-hydrogen) atoms. The van der Waals surface area contributed by atoms with Gasteiger partial charge in [-0.15, -0.1) is 0 Å². The molecular formula is C24H28ClNOSi. The zero-order valence-corrected chi connectivity index (χ0v) is 18.6. The van der Waals surface area contributed by atoms with Crippen LogP contribution in [0.4, 0.5) is 0 Å². The van der Waals surface area contributed by atoms with E-state index in [1.54, 1.807) is 0 Å². The lowest BCUT2D eigenvalue weighted by Crippen LogP contribution is -2.37. The summed E-state index contributed by atoms with van der Waals surface area (Å²) in [5.41, 5.74) is 4.49. The number of rotatable bonds is 8. The largest absolute Gasteiger partial charge is 0.406 e. The summed E-state index contributed by atoms with van der Waals surface area (Å²) in [5.74, 6) is 0. The maximum absolute atomic E-state index is 6.94. The number of hydrogen-bond acceptors (Lipinski definition) is 2. The normalized spacial score (nSPS) is 12.7. The molecule has 0 radical (unpaired) electrons. The first-order chi connectivity index (χ1) is 13.6. The van der Waals surface area contributed by atoms with Crippen molar-refractivity contribution in [2.24, 2.45) is 0 Å². The molecule has 2 nitrogen and oxygen atoms in total. The molecule has 0 spiro atoms. The van der Waals surface area contributed by atoms with Crippen molar-refractivity contribution in [3.05, 3.63) is 89.2 Å². The SMILES string of the molecule is CC[Si](CC)(CC)OC(c1ccc(Cl)cc1)c1cncc(-c2ccccc2)c1. The molecule has 146 valence electrons. The number of benzene rings is 2. The van der Waals surface area contributed by atoms with Gasteiger partial charge in [0.05, 0.1) is 6.10 Å². The summed E-state index contributed by atoms with van der Waals surface area (Å²) >= 11 is 6.14. The quantitative estimate of drug-likeness (QED) is 0.359. The van der Waals surface area contributed by atoms with E-state index in [2.05, 4.69) is 68.2 Å². The van der Waals surface area contributed by atoms with Gasteiger partial charge in [-0.25, -0.2) is 0 Å². The second-order valence-corrected chi connectivity index (χ2v) is 12.3. The molecule has 0 aliphatic heterocycles. The second kappa shape index (κ2) is 9.51. The third kappa shape index (κ3) is 4.72. The van der Waals surface area contributed by atoms with Crippen LogP contribution in [0.5, 0.6) is 0 Å². The summed E-state index contributed by atoms with van der Waals surface area (Å²) in [6.07, 6.45) is 3.73. The van der Waals surface area contributed by atoms with Gasteiger partial charge in [-0.05, 0) is 47.5 Å². The van der Waals surface area contributed by atoms with Crippen molar-refractivity contribution in [2.75, 3.05) is 0 Å². The van der Waals surface area contributed by atoms with Crippen LogP contribution in [0.1, 0.15) is 38.0 Å². The van der Waals surface area contributed by atoms with E-state index in [0.29, 0.717) is 0 Å². The summed E-state index contributed by atoms with van der Waals surface area (Å²) in [7, 11) is -1.82. The van der Waals surface area contributed by atoms with Crippen LogP contribution in [0.15, 0.2) is 73.1 Å². The molecule has 0 N–H and O–H groups in total. The van der Waals surface area contributed by atoms with Gasteiger partial charge in [-0.2, -0.15) is 0 Å². The van der Waals surface area contributed by atoms with Crippen LogP contribution in [0.25, 0.3) is 11.1 Å². The molecule has 3 aromatic rings. The molecule has 1 heterocycles. The number of nitrogens with zero attached hydrogens (tertiary/aromatic N) is 1. The molecule has 1 unspecified atom stereocenters. The first-order valence-electron chi connectivity index (χ1n) is 10.0. The Bertz CT molecular complexity index is 870. The first kappa shape index (κ1) is 20.8. The van der Waals surface area contributed by atoms with Crippen LogP contribution in [-0.2, 0) is 4.43 Å². The van der Waals surface area contributed by atoms with Crippen molar-refractivity contribution < 1.29 is 4.43 Å². The Kier molecular flexibility index (Phi) is 7.06. The van der Waals surface area contributed by atoms with Crippen LogP contribution in [0.2, 0.25) is 23.2 Å². The van der Waals surface area contributed by atoms with Gasteiger partial charge in [0.2, 0.25) is 0 Å². The van der Waals surface area contributed by atoms with Crippen LogP contribution in [0.3, 0.4) is 0 Å². The topological polar surface area (TPSA) is 22.1 Å². The highest BCUT2D eigenvalue weighted by Gasteiger charge is 2.33. The third-order valence-corrected chi connectivity index (χ3v) is 10.5. The van der Waals surface area contributed by atoms with Gasteiger partial charge in [0.25, 0.3) is 0 Å². The summed E-state index contributed by atoms with van der Waals surface area (Å²) in [6.45, 7) is 6.78. The fourth-order valence-electron chi connectivity index (χ4n) is 3.61. The van der Waals surface area contributed by atoms with Gasteiger partial charge in [0.1, 0.15) is 0 Å². The van der Waals surface area contributed by atoms with Crippen molar-refractivity contribution in [3.8, 4) is 11.1 Å². The summed E-state index contributed by atoms with van der Waals surface area (Å²) in [6, 6.07) is 23.9. The molecule has 4 heteroatoms. The number of hydrogen-bond donors (Lipinski definition) is 0. The van der Waals surface area contributed by atoms with E-state index in [1.165, 1.54) is 0 Å². The highest BCUT2D eigenvalue weighted by Crippen LogP contribution is 2.35. The lowest BCUT2D eigenvalue weighted by Gasteiger charge is -2.34. The maximum Gasteiger partial charge on any atom is 0.193 e. The average Bonchev–Trinajstić information content (AvgIpc) is 2.77. The van der Waals surface area contributed by atoms with Crippen LogP contribution in [-0.4, -0.2) is 13.3 Å². The maximum atomic E-state index is 6.94. The molecule has 0 fully saturated rings. The Hall–Kier alpha value is -1.94. The Labute approximate surface area is 174 Å². The first-order valence-corrected chi connectivity index (χ1v) is 12.9. The van der Waals surface area contributed by atoms with Gasteiger partial charge in [-0.3, -0.25) is 4.98 Å². The fourth-order valence-corrected chi connectivity index (χ4v) is 6.50. The van der Waals surface area contributed by atoms with Crippen LogP contribution < -0.4 is 0 Å². The molecule has 2 aromatic carbocycles. The summed E-state index contributed by atoms with van der Waals surface area (Å²) in [5, 5.41) is 0.739. The van der Waals surface area contributed by atoms with Crippen molar-refractivity contribution >= 4 is 19.9 Å². The van der Waals surface area contributed by atoms with Gasteiger partial charge in [0, 0.05) is 28.5 Å².